The van der Waals surface area contributed by atoms with Crippen molar-refractivity contribution in [3.63, 3.8) is 0 Å². The summed E-state index contributed by atoms with van der Waals surface area (Å²) in [5.74, 6) is 0.327. The average Bonchev–Trinajstić information content (AvgIpc) is 2.78. The third kappa shape index (κ3) is 3.13. The van der Waals surface area contributed by atoms with Crippen molar-refractivity contribution < 1.29 is 14.3 Å². The zero-order chi connectivity index (χ0) is 14.8. The third-order valence-corrected chi connectivity index (χ3v) is 4.08. The Labute approximate surface area is 128 Å². The standard InChI is InChI=1S/C15H17ClN2O3/c16-10-4-5-12-9(7-10)8-13(21-12)15(20)18-11-3-1-2-6-17-14(11)19/h4-5,7,11,13H,1-3,6,8H2,(H,17,19)(H,18,20)/t11-,13+/m1/s1. The molecule has 2 atom stereocenters. The molecule has 0 bridgehead atoms. The molecule has 0 spiro atoms. The molecule has 5 nitrogen and oxygen atoms in total. The van der Waals surface area contributed by atoms with E-state index in [1.54, 1.807) is 12.1 Å². The molecule has 3 rings (SSSR count). The first kappa shape index (κ1) is 14.2. The highest BCUT2D eigenvalue weighted by Gasteiger charge is 2.32. The minimum Gasteiger partial charge on any atom is -0.480 e. The van der Waals surface area contributed by atoms with Gasteiger partial charge in [-0.3, -0.25) is 9.59 Å². The van der Waals surface area contributed by atoms with Gasteiger partial charge in [0.05, 0.1) is 0 Å². The lowest BCUT2D eigenvalue weighted by molar-refractivity contribution is -0.132. The molecule has 2 N–H and O–H groups in total. The molecule has 0 saturated carbocycles. The third-order valence-electron chi connectivity index (χ3n) is 3.84. The van der Waals surface area contributed by atoms with Gasteiger partial charge >= 0.3 is 0 Å². The van der Waals surface area contributed by atoms with Gasteiger partial charge in [-0.2, -0.15) is 0 Å². The van der Waals surface area contributed by atoms with Crippen LogP contribution in [0.5, 0.6) is 5.75 Å². The quantitative estimate of drug-likeness (QED) is 0.868. The maximum Gasteiger partial charge on any atom is 0.262 e. The topological polar surface area (TPSA) is 67.4 Å². The largest absolute Gasteiger partial charge is 0.480 e. The molecule has 0 aliphatic carbocycles. The van der Waals surface area contributed by atoms with Crippen LogP contribution in [0.4, 0.5) is 0 Å². The first-order valence-electron chi connectivity index (χ1n) is 7.16. The normalized spacial score (nSPS) is 24.5. The summed E-state index contributed by atoms with van der Waals surface area (Å²) in [5.41, 5.74) is 0.924. The van der Waals surface area contributed by atoms with E-state index >= 15 is 0 Å². The first-order chi connectivity index (χ1) is 10.1. The highest BCUT2D eigenvalue weighted by molar-refractivity contribution is 6.30. The Balaban J connectivity index is 1.63. The molecule has 2 aliphatic rings. The molecule has 1 fully saturated rings. The summed E-state index contributed by atoms with van der Waals surface area (Å²) in [6.45, 7) is 0.676. The highest BCUT2D eigenvalue weighted by Crippen LogP contribution is 2.31. The van der Waals surface area contributed by atoms with Crippen LogP contribution in [0.25, 0.3) is 0 Å². The number of carbonyl (C=O) groups is 2. The molecule has 2 aliphatic heterocycles. The van der Waals surface area contributed by atoms with Crippen LogP contribution >= 0.6 is 11.6 Å². The van der Waals surface area contributed by atoms with Crippen molar-refractivity contribution >= 4 is 23.4 Å². The van der Waals surface area contributed by atoms with Crippen molar-refractivity contribution in [2.24, 2.45) is 0 Å². The Hall–Kier alpha value is -1.75. The number of hydrogen-bond donors (Lipinski definition) is 2. The van der Waals surface area contributed by atoms with E-state index in [0.29, 0.717) is 30.2 Å². The minimum atomic E-state index is -0.588. The van der Waals surface area contributed by atoms with E-state index in [-0.39, 0.29) is 11.8 Å². The number of carbonyl (C=O) groups excluding carboxylic acids is 2. The van der Waals surface area contributed by atoms with Gasteiger partial charge in [0.1, 0.15) is 11.8 Å². The summed E-state index contributed by atoms with van der Waals surface area (Å²) in [5, 5.41) is 6.22. The van der Waals surface area contributed by atoms with Gasteiger partial charge in [-0.1, -0.05) is 11.6 Å². The molecule has 21 heavy (non-hydrogen) atoms. The lowest BCUT2D eigenvalue weighted by atomic mass is 10.1. The summed E-state index contributed by atoms with van der Waals surface area (Å²) in [6, 6.07) is 4.85. The van der Waals surface area contributed by atoms with Crippen molar-refractivity contribution in [1.82, 2.24) is 10.6 Å². The fourth-order valence-electron chi connectivity index (χ4n) is 2.71. The number of benzene rings is 1. The minimum absolute atomic E-state index is 0.112. The summed E-state index contributed by atoms with van der Waals surface area (Å²) < 4.78 is 5.63. The second-order valence-electron chi connectivity index (χ2n) is 5.41. The maximum atomic E-state index is 12.3. The molecule has 0 radical (unpaired) electrons. The Morgan fingerprint density at radius 3 is 3.10 bits per heavy atom. The molecule has 2 heterocycles. The molecule has 1 aromatic rings. The molecular weight excluding hydrogens is 292 g/mol. The van der Waals surface area contributed by atoms with E-state index in [2.05, 4.69) is 10.6 Å². The fraction of sp³-hybridized carbons (Fsp3) is 0.467. The predicted molar refractivity (Wildman–Crippen MR) is 78.4 cm³/mol. The summed E-state index contributed by atoms with van der Waals surface area (Å²) >= 11 is 5.93. The van der Waals surface area contributed by atoms with Crippen LogP contribution in [0.1, 0.15) is 24.8 Å². The van der Waals surface area contributed by atoms with Gasteiger partial charge in [0.2, 0.25) is 5.91 Å². The first-order valence-corrected chi connectivity index (χ1v) is 7.54. The van der Waals surface area contributed by atoms with Crippen LogP contribution in [0, 0.1) is 0 Å². The van der Waals surface area contributed by atoms with Crippen LogP contribution < -0.4 is 15.4 Å². The second-order valence-corrected chi connectivity index (χ2v) is 5.85. The number of hydrogen-bond acceptors (Lipinski definition) is 3. The molecule has 2 amide bonds. The van der Waals surface area contributed by atoms with Crippen LogP contribution in [0.3, 0.4) is 0 Å². The SMILES string of the molecule is O=C(N[C@@H]1CCCCNC1=O)[C@@H]1Cc2cc(Cl)ccc2O1. The molecule has 1 aromatic carbocycles. The smallest absolute Gasteiger partial charge is 0.262 e. The van der Waals surface area contributed by atoms with Gasteiger partial charge < -0.3 is 15.4 Å². The molecule has 6 heteroatoms. The van der Waals surface area contributed by atoms with Crippen LogP contribution in [-0.4, -0.2) is 30.5 Å². The van der Waals surface area contributed by atoms with E-state index in [1.807, 2.05) is 6.07 Å². The van der Waals surface area contributed by atoms with Crippen LogP contribution in [0.2, 0.25) is 5.02 Å². The number of fused-ring (bicyclic) bond motifs is 1. The summed E-state index contributed by atoms with van der Waals surface area (Å²) in [4.78, 5) is 24.1. The number of halogens is 1. The summed E-state index contributed by atoms with van der Waals surface area (Å²) in [7, 11) is 0. The summed E-state index contributed by atoms with van der Waals surface area (Å²) in [6.07, 6.45) is 2.43. The van der Waals surface area contributed by atoms with E-state index in [9.17, 15) is 9.59 Å². The Kier molecular flexibility index (Phi) is 4.01. The van der Waals surface area contributed by atoms with Crippen LogP contribution in [0.15, 0.2) is 18.2 Å². The van der Waals surface area contributed by atoms with Crippen molar-refractivity contribution in [3.05, 3.63) is 28.8 Å². The van der Waals surface area contributed by atoms with Crippen molar-refractivity contribution in [2.45, 2.75) is 37.8 Å². The number of ether oxygens (including phenoxy) is 1. The zero-order valence-corrected chi connectivity index (χ0v) is 12.3. The van der Waals surface area contributed by atoms with E-state index in [4.69, 9.17) is 16.3 Å². The Morgan fingerprint density at radius 1 is 1.38 bits per heavy atom. The molecule has 112 valence electrons. The Bertz CT molecular complexity index is 576. The lowest BCUT2D eigenvalue weighted by Crippen LogP contribution is -2.49. The van der Waals surface area contributed by atoms with Crippen LogP contribution in [-0.2, 0) is 16.0 Å². The van der Waals surface area contributed by atoms with Gasteiger partial charge in [0.15, 0.2) is 6.10 Å². The number of amides is 2. The van der Waals surface area contributed by atoms with Gasteiger partial charge in [0, 0.05) is 18.0 Å². The maximum absolute atomic E-state index is 12.3. The zero-order valence-electron chi connectivity index (χ0n) is 11.5. The van der Waals surface area contributed by atoms with Gasteiger partial charge in [-0.25, -0.2) is 0 Å². The van der Waals surface area contributed by atoms with Gasteiger partial charge in [-0.05, 0) is 43.0 Å². The van der Waals surface area contributed by atoms with Crippen molar-refractivity contribution in [2.75, 3.05) is 6.54 Å². The molecule has 0 aromatic heterocycles. The van der Waals surface area contributed by atoms with Crippen molar-refractivity contribution in [3.8, 4) is 5.75 Å². The molecule has 0 unspecified atom stereocenters. The number of nitrogens with one attached hydrogen (secondary N) is 2. The lowest BCUT2D eigenvalue weighted by Gasteiger charge is -2.18. The van der Waals surface area contributed by atoms with E-state index in [0.717, 1.165) is 18.4 Å². The average molecular weight is 309 g/mol. The molecule has 1 saturated heterocycles. The number of rotatable bonds is 2. The van der Waals surface area contributed by atoms with Crippen molar-refractivity contribution in [1.29, 1.82) is 0 Å². The highest BCUT2D eigenvalue weighted by atomic mass is 35.5. The van der Waals surface area contributed by atoms with Gasteiger partial charge in [-0.15, -0.1) is 0 Å². The van der Waals surface area contributed by atoms with Gasteiger partial charge in [0.25, 0.3) is 5.91 Å². The monoisotopic (exact) mass is 308 g/mol. The fourth-order valence-corrected chi connectivity index (χ4v) is 2.90. The molecular formula is C15H17ClN2O3. The van der Waals surface area contributed by atoms with E-state index < -0.39 is 12.1 Å². The predicted octanol–water partition coefficient (Wildman–Crippen LogP) is 1.43. The van der Waals surface area contributed by atoms with E-state index in [1.165, 1.54) is 0 Å². The second kappa shape index (κ2) is 5.93. The Morgan fingerprint density at radius 2 is 2.24 bits per heavy atom.